The van der Waals surface area contributed by atoms with E-state index in [1.807, 2.05) is 0 Å². The number of hydrogen-bond acceptors (Lipinski definition) is 8. The summed E-state index contributed by atoms with van der Waals surface area (Å²) >= 11 is 0. The molecule has 0 amide bonds. The molecule has 0 aliphatic carbocycles. The summed E-state index contributed by atoms with van der Waals surface area (Å²) in [5, 5.41) is 1.96. The highest BCUT2D eigenvalue weighted by molar-refractivity contribution is 7.88. The van der Waals surface area contributed by atoms with Crippen LogP contribution in [0.5, 0.6) is 0 Å². The minimum Gasteiger partial charge on any atom is -0.368 e. The van der Waals surface area contributed by atoms with Crippen molar-refractivity contribution in [3.63, 3.8) is 0 Å². The molecule has 0 heterocycles. The Morgan fingerprint density at radius 2 is 0.821 bits per heavy atom. The second-order valence-electron chi connectivity index (χ2n) is 4.33. The summed E-state index contributed by atoms with van der Waals surface area (Å²) in [4.78, 5) is 0. The zero-order valence-electron chi connectivity index (χ0n) is 13.1. The van der Waals surface area contributed by atoms with Crippen LogP contribution in [0, 0.1) is 0 Å². The van der Waals surface area contributed by atoms with Crippen LogP contribution in [0.2, 0.25) is 0 Å². The molecular weight excluding hydrogens is 478 g/mol. The fourth-order valence-corrected chi connectivity index (χ4v) is 2.43. The molecule has 0 unspecified atom stereocenters. The molecule has 0 atom stereocenters. The summed E-state index contributed by atoms with van der Waals surface area (Å²) in [7, 11) is -14.1. The summed E-state index contributed by atoms with van der Waals surface area (Å²) in [6.07, 6.45) is -18.1. The molecule has 0 aliphatic heterocycles. The molecule has 172 valence electrons. The first kappa shape index (κ1) is 29.2. The SMILES string of the molecule is CC(O)O.CC(OS(=O)(=O)C(F)(F)C(F)(F)F)OS(=O)(=O)C(F)(F)C(F)(F)F. The quantitative estimate of drug-likeness (QED) is 0.328. The van der Waals surface area contributed by atoms with Gasteiger partial charge in [0.1, 0.15) is 6.29 Å². The largest absolute Gasteiger partial charge is 0.472 e. The lowest BCUT2D eigenvalue weighted by molar-refractivity contribution is -0.247. The van der Waals surface area contributed by atoms with Gasteiger partial charge in [-0.2, -0.15) is 60.7 Å². The first-order chi connectivity index (χ1) is 11.8. The van der Waals surface area contributed by atoms with Crippen molar-refractivity contribution in [2.45, 2.75) is 49.3 Å². The number of halogens is 10. The van der Waals surface area contributed by atoms with Gasteiger partial charge in [-0.3, -0.25) is 0 Å². The maximum absolute atomic E-state index is 12.6. The lowest BCUT2D eigenvalue weighted by Crippen LogP contribution is -2.48. The van der Waals surface area contributed by atoms with Gasteiger partial charge in [-0.1, -0.05) is 0 Å². The van der Waals surface area contributed by atoms with Crippen LogP contribution in [-0.2, 0) is 28.6 Å². The van der Waals surface area contributed by atoms with Crippen LogP contribution in [0.4, 0.5) is 43.9 Å². The standard InChI is InChI=1S/C6H4F10O6S2.C2H6O2/c1-2(21-23(17,18)5(13,14)3(7,8)9)22-24(19,20)6(15,16)4(10,11)12;1-2(3)4/h2H,1H3;2-4H,1H3. The predicted octanol–water partition coefficient (Wildman–Crippen LogP) is 1.65. The van der Waals surface area contributed by atoms with Gasteiger partial charge in [-0.05, 0) is 13.8 Å². The molecule has 0 bridgehead atoms. The maximum Gasteiger partial charge on any atom is 0.472 e. The van der Waals surface area contributed by atoms with E-state index in [4.69, 9.17) is 10.2 Å². The van der Waals surface area contributed by atoms with E-state index in [0.29, 0.717) is 0 Å². The van der Waals surface area contributed by atoms with Crippen LogP contribution < -0.4 is 0 Å². The highest BCUT2D eigenvalue weighted by Crippen LogP contribution is 2.43. The summed E-state index contributed by atoms with van der Waals surface area (Å²) in [6, 6.07) is 0. The third kappa shape index (κ3) is 7.13. The minimum absolute atomic E-state index is 0.131. The van der Waals surface area contributed by atoms with Crippen LogP contribution in [0.25, 0.3) is 0 Å². The number of hydrogen-bond donors (Lipinski definition) is 2. The van der Waals surface area contributed by atoms with Crippen LogP contribution in [-0.4, -0.2) is 62.5 Å². The van der Waals surface area contributed by atoms with Crippen molar-refractivity contribution in [3.8, 4) is 0 Å². The molecule has 0 aliphatic rings. The fourth-order valence-electron chi connectivity index (χ4n) is 0.777. The Hall–Kier alpha value is -0.960. The van der Waals surface area contributed by atoms with Crippen molar-refractivity contribution < 1.29 is 79.3 Å². The third-order valence-electron chi connectivity index (χ3n) is 1.81. The fraction of sp³-hybridized carbons (Fsp3) is 1.00. The van der Waals surface area contributed by atoms with Crippen molar-refractivity contribution in [1.29, 1.82) is 0 Å². The van der Waals surface area contributed by atoms with Gasteiger partial charge in [-0.15, -0.1) is 0 Å². The number of alkyl halides is 10. The number of aliphatic hydroxyl groups is 2. The second-order valence-corrected chi connectivity index (χ2v) is 7.56. The topological polar surface area (TPSA) is 127 Å². The van der Waals surface area contributed by atoms with Gasteiger partial charge in [0.15, 0.2) is 6.29 Å². The van der Waals surface area contributed by atoms with Crippen molar-refractivity contribution in [1.82, 2.24) is 0 Å². The van der Waals surface area contributed by atoms with Crippen molar-refractivity contribution in [3.05, 3.63) is 0 Å². The van der Waals surface area contributed by atoms with Crippen molar-refractivity contribution in [2.24, 2.45) is 0 Å². The van der Waals surface area contributed by atoms with E-state index in [-0.39, 0.29) is 6.92 Å². The smallest absolute Gasteiger partial charge is 0.368 e. The number of aliphatic hydroxyl groups excluding tert-OH is 1. The Morgan fingerprint density at radius 1 is 0.643 bits per heavy atom. The normalized spacial score (nSPS) is 14.9. The first-order valence-electron chi connectivity index (χ1n) is 5.94. The maximum atomic E-state index is 12.6. The Kier molecular flexibility index (Phi) is 9.21. The molecule has 20 heteroatoms. The molecule has 0 rings (SSSR count). The van der Waals surface area contributed by atoms with E-state index in [1.165, 1.54) is 6.92 Å². The van der Waals surface area contributed by atoms with Crippen molar-refractivity contribution >= 4 is 20.2 Å². The molecule has 28 heavy (non-hydrogen) atoms. The van der Waals surface area contributed by atoms with Gasteiger partial charge in [0.2, 0.25) is 0 Å². The molecule has 0 spiro atoms. The molecule has 0 saturated carbocycles. The third-order valence-corrected chi connectivity index (χ3v) is 4.58. The van der Waals surface area contributed by atoms with Crippen LogP contribution in [0.3, 0.4) is 0 Å². The molecule has 0 aromatic rings. The lowest BCUT2D eigenvalue weighted by Gasteiger charge is -2.23. The van der Waals surface area contributed by atoms with Gasteiger partial charge >= 0.3 is 43.1 Å². The predicted molar refractivity (Wildman–Crippen MR) is 65.4 cm³/mol. The minimum atomic E-state index is -7.04. The van der Waals surface area contributed by atoms with E-state index in [2.05, 4.69) is 8.37 Å². The van der Waals surface area contributed by atoms with E-state index in [1.54, 1.807) is 0 Å². The molecule has 2 N–H and O–H groups in total. The molecule has 0 aromatic carbocycles. The molecule has 0 saturated heterocycles. The van der Waals surface area contributed by atoms with E-state index >= 15 is 0 Å². The molecule has 0 aromatic heterocycles. The van der Waals surface area contributed by atoms with Gasteiger partial charge in [-0.25, -0.2) is 8.37 Å². The van der Waals surface area contributed by atoms with E-state index in [9.17, 15) is 60.7 Å². The second kappa shape index (κ2) is 8.81. The summed E-state index contributed by atoms with van der Waals surface area (Å²) < 4.78 is 170. The van der Waals surface area contributed by atoms with E-state index in [0.717, 1.165) is 0 Å². The van der Waals surface area contributed by atoms with Crippen LogP contribution in [0.1, 0.15) is 13.8 Å². The zero-order chi connectivity index (χ0) is 23.6. The van der Waals surface area contributed by atoms with E-state index < -0.39 is 55.7 Å². The van der Waals surface area contributed by atoms with Crippen LogP contribution >= 0.6 is 0 Å². The Bertz CT molecular complexity index is 648. The zero-order valence-corrected chi connectivity index (χ0v) is 14.7. The summed E-state index contributed by atoms with van der Waals surface area (Å²) in [6.45, 7) is 1.15. The Balaban J connectivity index is 0. The molecule has 8 nitrogen and oxygen atoms in total. The van der Waals surface area contributed by atoms with Crippen molar-refractivity contribution in [2.75, 3.05) is 0 Å². The van der Waals surface area contributed by atoms with Gasteiger partial charge in [0.05, 0.1) is 0 Å². The average molecular weight is 488 g/mol. The highest BCUT2D eigenvalue weighted by Gasteiger charge is 2.70. The van der Waals surface area contributed by atoms with Crippen LogP contribution in [0.15, 0.2) is 0 Å². The summed E-state index contributed by atoms with van der Waals surface area (Å²) in [5.74, 6) is 0. The van der Waals surface area contributed by atoms with Gasteiger partial charge in [0.25, 0.3) is 0 Å². The first-order valence-corrected chi connectivity index (χ1v) is 8.76. The average Bonchev–Trinajstić information content (AvgIpc) is 2.32. The molecular formula is C8H10F10O8S2. The molecule has 0 radical (unpaired) electrons. The van der Waals surface area contributed by atoms with Gasteiger partial charge < -0.3 is 10.2 Å². The number of rotatable bonds is 6. The highest BCUT2D eigenvalue weighted by atomic mass is 32.2. The Labute approximate surface area is 149 Å². The monoisotopic (exact) mass is 488 g/mol. The summed E-state index contributed by atoms with van der Waals surface area (Å²) in [5.41, 5.74) is 0. The molecule has 0 fully saturated rings. The lowest BCUT2D eigenvalue weighted by atomic mass is 10.7. The van der Waals surface area contributed by atoms with Gasteiger partial charge in [0, 0.05) is 0 Å². The Morgan fingerprint density at radius 3 is 0.964 bits per heavy atom.